The molecular formula is C9H11N3O. The molecule has 0 saturated heterocycles. The highest BCUT2D eigenvalue weighted by Crippen LogP contribution is 2.11. The van der Waals surface area contributed by atoms with E-state index in [4.69, 9.17) is 0 Å². The maximum absolute atomic E-state index is 11.3. The Balaban J connectivity index is 2.76. The summed E-state index contributed by atoms with van der Waals surface area (Å²) >= 11 is 0. The molecule has 0 aliphatic heterocycles. The van der Waals surface area contributed by atoms with Crippen molar-refractivity contribution in [3.8, 4) is 0 Å². The molecule has 0 aliphatic rings. The van der Waals surface area contributed by atoms with Crippen molar-refractivity contribution in [1.82, 2.24) is 14.4 Å². The summed E-state index contributed by atoms with van der Waals surface area (Å²) in [5.74, 6) is 0.347. The first-order valence-corrected chi connectivity index (χ1v) is 4.25. The Morgan fingerprint density at radius 2 is 2.31 bits per heavy atom. The average Bonchev–Trinajstić information content (AvgIpc) is 2.49. The Hall–Kier alpha value is -1.58. The minimum atomic E-state index is -0.144. The molecule has 13 heavy (non-hydrogen) atoms. The summed E-state index contributed by atoms with van der Waals surface area (Å²) in [5, 5.41) is 0. The topological polar surface area (TPSA) is 50.2 Å². The van der Waals surface area contributed by atoms with E-state index in [1.807, 2.05) is 6.20 Å². The molecule has 0 bridgehead atoms. The van der Waals surface area contributed by atoms with E-state index in [1.54, 1.807) is 16.8 Å². The van der Waals surface area contributed by atoms with Gasteiger partial charge in [-0.2, -0.15) is 0 Å². The molecule has 2 rings (SSSR count). The summed E-state index contributed by atoms with van der Waals surface area (Å²) in [4.78, 5) is 18.1. The van der Waals surface area contributed by atoms with Gasteiger partial charge in [0.2, 0.25) is 5.65 Å². The molecule has 0 amide bonds. The quantitative estimate of drug-likeness (QED) is 0.710. The predicted octanol–water partition coefficient (Wildman–Crippen LogP) is 1.15. The number of imidazole rings is 1. The Labute approximate surface area is 75.2 Å². The van der Waals surface area contributed by atoms with Crippen LogP contribution in [0.2, 0.25) is 0 Å². The normalized spacial score (nSPS) is 11.3. The molecule has 0 saturated carbocycles. The molecule has 4 nitrogen and oxygen atoms in total. The maximum atomic E-state index is 11.3. The van der Waals surface area contributed by atoms with E-state index in [0.717, 1.165) is 5.69 Å². The molecule has 68 valence electrons. The van der Waals surface area contributed by atoms with Crippen LogP contribution in [0.4, 0.5) is 0 Å². The van der Waals surface area contributed by atoms with Crippen LogP contribution in [0.15, 0.2) is 23.4 Å². The molecule has 2 aromatic rings. The number of fused-ring (bicyclic) bond motifs is 1. The fourth-order valence-corrected chi connectivity index (χ4v) is 1.23. The highest BCUT2D eigenvalue weighted by Gasteiger charge is 2.06. The van der Waals surface area contributed by atoms with E-state index in [1.165, 1.54) is 0 Å². The van der Waals surface area contributed by atoms with Gasteiger partial charge in [0.1, 0.15) is 0 Å². The van der Waals surface area contributed by atoms with Crippen molar-refractivity contribution >= 4 is 5.65 Å². The lowest BCUT2D eigenvalue weighted by molar-refractivity contribution is 0.834. The van der Waals surface area contributed by atoms with Crippen molar-refractivity contribution in [3.63, 3.8) is 0 Å². The molecule has 0 atom stereocenters. The van der Waals surface area contributed by atoms with Crippen LogP contribution in [0.25, 0.3) is 5.65 Å². The second-order valence-electron chi connectivity index (χ2n) is 3.34. The number of rotatable bonds is 1. The molecule has 2 aromatic heterocycles. The van der Waals surface area contributed by atoms with E-state index in [9.17, 15) is 4.79 Å². The fourth-order valence-electron chi connectivity index (χ4n) is 1.23. The lowest BCUT2D eigenvalue weighted by Gasteiger charge is -1.94. The number of hydrogen-bond donors (Lipinski definition) is 1. The first-order chi connectivity index (χ1) is 6.18. The number of aromatic amines is 1. The second-order valence-corrected chi connectivity index (χ2v) is 3.34. The van der Waals surface area contributed by atoms with Gasteiger partial charge in [0.15, 0.2) is 0 Å². The summed E-state index contributed by atoms with van der Waals surface area (Å²) in [6.07, 6.45) is 5.28. The standard InChI is InChI=1S/C9H11N3O/c1-6(2)7-5-12-4-3-10-9(13)8(12)11-7/h3-6H,1-2H3,(H,10,13). The molecule has 0 fully saturated rings. The van der Waals surface area contributed by atoms with Crippen LogP contribution in [-0.4, -0.2) is 14.4 Å². The van der Waals surface area contributed by atoms with Crippen LogP contribution in [0, 0.1) is 0 Å². The molecule has 4 heteroatoms. The molecule has 0 spiro atoms. The van der Waals surface area contributed by atoms with Gasteiger partial charge in [-0.1, -0.05) is 13.8 Å². The summed E-state index contributed by atoms with van der Waals surface area (Å²) in [6.45, 7) is 4.10. The van der Waals surface area contributed by atoms with Crippen LogP contribution < -0.4 is 5.56 Å². The minimum absolute atomic E-state index is 0.144. The summed E-state index contributed by atoms with van der Waals surface area (Å²) in [5.41, 5.74) is 1.26. The van der Waals surface area contributed by atoms with Crippen molar-refractivity contribution in [2.45, 2.75) is 19.8 Å². The third-order valence-electron chi connectivity index (χ3n) is 2.00. The van der Waals surface area contributed by atoms with Crippen molar-refractivity contribution in [1.29, 1.82) is 0 Å². The number of aromatic nitrogens is 3. The lowest BCUT2D eigenvalue weighted by atomic mass is 10.2. The van der Waals surface area contributed by atoms with Crippen molar-refractivity contribution in [2.75, 3.05) is 0 Å². The van der Waals surface area contributed by atoms with Crippen molar-refractivity contribution in [3.05, 3.63) is 34.6 Å². The monoisotopic (exact) mass is 177 g/mol. The zero-order chi connectivity index (χ0) is 9.42. The second kappa shape index (κ2) is 2.73. The van der Waals surface area contributed by atoms with Gasteiger partial charge in [0.25, 0.3) is 5.56 Å². The van der Waals surface area contributed by atoms with Crippen molar-refractivity contribution < 1.29 is 0 Å². The SMILES string of the molecule is CC(C)c1cn2cc[nH]c(=O)c2n1. The Morgan fingerprint density at radius 3 is 2.92 bits per heavy atom. The van der Waals surface area contributed by atoms with Gasteiger partial charge in [0, 0.05) is 18.6 Å². The Bertz CT molecular complexity index is 481. The highest BCUT2D eigenvalue weighted by atomic mass is 16.1. The fraction of sp³-hybridized carbons (Fsp3) is 0.333. The van der Waals surface area contributed by atoms with Crippen LogP contribution in [0.5, 0.6) is 0 Å². The molecule has 0 aromatic carbocycles. The molecule has 0 radical (unpaired) electrons. The minimum Gasteiger partial charge on any atom is -0.324 e. The zero-order valence-corrected chi connectivity index (χ0v) is 7.61. The van der Waals surface area contributed by atoms with E-state index in [2.05, 4.69) is 23.8 Å². The number of hydrogen-bond acceptors (Lipinski definition) is 2. The van der Waals surface area contributed by atoms with Crippen LogP contribution in [0.1, 0.15) is 25.5 Å². The molecule has 0 unspecified atom stereocenters. The zero-order valence-electron chi connectivity index (χ0n) is 7.61. The first kappa shape index (κ1) is 8.04. The van der Waals surface area contributed by atoms with Crippen molar-refractivity contribution in [2.24, 2.45) is 0 Å². The maximum Gasteiger partial charge on any atom is 0.291 e. The summed E-state index contributed by atoms with van der Waals surface area (Å²) < 4.78 is 1.74. The predicted molar refractivity (Wildman–Crippen MR) is 49.9 cm³/mol. The summed E-state index contributed by atoms with van der Waals surface area (Å²) in [6, 6.07) is 0. The van der Waals surface area contributed by atoms with Gasteiger partial charge >= 0.3 is 0 Å². The first-order valence-electron chi connectivity index (χ1n) is 4.25. The third kappa shape index (κ3) is 1.24. The number of nitrogens with zero attached hydrogens (tertiary/aromatic N) is 2. The van der Waals surface area contributed by atoms with E-state index < -0.39 is 0 Å². The molecule has 0 aliphatic carbocycles. The highest BCUT2D eigenvalue weighted by molar-refractivity contribution is 5.37. The van der Waals surface area contributed by atoms with E-state index in [0.29, 0.717) is 11.6 Å². The van der Waals surface area contributed by atoms with Gasteiger partial charge in [-0.05, 0) is 5.92 Å². The van der Waals surface area contributed by atoms with Gasteiger partial charge in [-0.25, -0.2) is 4.98 Å². The van der Waals surface area contributed by atoms with Gasteiger partial charge < -0.3 is 9.38 Å². The molecular weight excluding hydrogens is 166 g/mol. The smallest absolute Gasteiger partial charge is 0.291 e. The Morgan fingerprint density at radius 1 is 1.54 bits per heavy atom. The van der Waals surface area contributed by atoms with E-state index >= 15 is 0 Å². The van der Waals surface area contributed by atoms with Crippen LogP contribution in [0.3, 0.4) is 0 Å². The number of nitrogens with one attached hydrogen (secondary N) is 1. The van der Waals surface area contributed by atoms with Gasteiger partial charge in [0.05, 0.1) is 5.69 Å². The molecule has 2 heterocycles. The lowest BCUT2D eigenvalue weighted by Crippen LogP contribution is -2.08. The van der Waals surface area contributed by atoms with E-state index in [-0.39, 0.29) is 5.56 Å². The van der Waals surface area contributed by atoms with Gasteiger partial charge in [-0.3, -0.25) is 4.79 Å². The van der Waals surface area contributed by atoms with Crippen LogP contribution in [-0.2, 0) is 0 Å². The largest absolute Gasteiger partial charge is 0.324 e. The van der Waals surface area contributed by atoms with Crippen LogP contribution >= 0.6 is 0 Å². The molecule has 1 N–H and O–H groups in total. The average molecular weight is 177 g/mol. The third-order valence-corrected chi connectivity index (χ3v) is 2.00. The number of H-pyrrole nitrogens is 1. The van der Waals surface area contributed by atoms with Gasteiger partial charge in [-0.15, -0.1) is 0 Å². The summed E-state index contributed by atoms with van der Waals surface area (Å²) in [7, 11) is 0. The Kier molecular flexibility index (Phi) is 1.69.